The second-order valence-electron chi connectivity index (χ2n) is 6.44. The van der Waals surface area contributed by atoms with Crippen molar-refractivity contribution in [2.75, 3.05) is 6.54 Å². The number of hydrogen-bond donors (Lipinski definition) is 3. The van der Waals surface area contributed by atoms with Crippen LogP contribution in [-0.2, 0) is 6.54 Å². The van der Waals surface area contributed by atoms with Crippen molar-refractivity contribution in [3.63, 3.8) is 0 Å². The molecule has 0 bridgehead atoms. The molecule has 0 radical (unpaired) electrons. The summed E-state index contributed by atoms with van der Waals surface area (Å²) in [6, 6.07) is 0. The van der Waals surface area contributed by atoms with Crippen molar-refractivity contribution < 1.29 is 15.0 Å². The lowest BCUT2D eigenvalue weighted by atomic mass is 9.71. The van der Waals surface area contributed by atoms with Crippen molar-refractivity contribution in [2.45, 2.75) is 51.7 Å². The monoisotopic (exact) mass is 298 g/mol. The van der Waals surface area contributed by atoms with Gasteiger partial charge in [0, 0.05) is 18.5 Å². The normalized spacial score (nSPS) is 20.8. The predicted molar refractivity (Wildman–Crippen MR) is 78.0 cm³/mol. The number of aliphatic hydroxyl groups is 1. The van der Waals surface area contributed by atoms with Gasteiger partial charge in [0.2, 0.25) is 5.01 Å². The van der Waals surface area contributed by atoms with E-state index in [-0.39, 0.29) is 5.01 Å². The quantitative estimate of drug-likeness (QED) is 0.776. The van der Waals surface area contributed by atoms with E-state index in [1.807, 2.05) is 0 Å². The second kappa shape index (κ2) is 5.79. The van der Waals surface area contributed by atoms with Gasteiger partial charge in [-0.2, -0.15) is 0 Å². The van der Waals surface area contributed by atoms with Crippen molar-refractivity contribution >= 4 is 17.3 Å². The fraction of sp³-hybridized carbons (Fsp3) is 0.714. The largest absolute Gasteiger partial charge is 0.476 e. The number of aromatic carboxylic acids is 1. The Labute approximate surface area is 123 Å². The van der Waals surface area contributed by atoms with Crippen molar-refractivity contribution in [3.8, 4) is 0 Å². The van der Waals surface area contributed by atoms with Gasteiger partial charge in [0.05, 0.1) is 11.3 Å². The lowest BCUT2D eigenvalue weighted by molar-refractivity contribution is -0.0245. The maximum absolute atomic E-state index is 10.7. The number of carboxylic acid groups (broad SMARTS) is 1. The van der Waals surface area contributed by atoms with Crippen LogP contribution in [0.5, 0.6) is 0 Å². The summed E-state index contributed by atoms with van der Waals surface area (Å²) in [6.07, 6.45) is 3.69. The van der Waals surface area contributed by atoms with Crippen LogP contribution >= 0.6 is 11.3 Å². The highest BCUT2D eigenvalue weighted by atomic mass is 32.1. The molecule has 0 spiro atoms. The molecule has 0 aliphatic heterocycles. The van der Waals surface area contributed by atoms with Crippen molar-refractivity contribution in [3.05, 3.63) is 16.1 Å². The summed E-state index contributed by atoms with van der Waals surface area (Å²) in [5, 5.41) is 24.3. The lowest BCUT2D eigenvalue weighted by Gasteiger charge is -2.40. The maximum Gasteiger partial charge on any atom is 0.365 e. The van der Waals surface area contributed by atoms with Crippen LogP contribution in [0.1, 0.15) is 55.0 Å². The molecule has 0 amide bonds. The number of thiazole rings is 1. The fourth-order valence-electron chi connectivity index (χ4n) is 2.48. The molecule has 1 aliphatic carbocycles. The molecule has 1 aliphatic rings. The van der Waals surface area contributed by atoms with Crippen LogP contribution in [0.3, 0.4) is 0 Å². The van der Waals surface area contributed by atoms with Crippen LogP contribution in [0.2, 0.25) is 0 Å². The summed E-state index contributed by atoms with van der Waals surface area (Å²) in [7, 11) is 0. The molecule has 3 N–H and O–H groups in total. The van der Waals surface area contributed by atoms with Gasteiger partial charge in [-0.3, -0.25) is 0 Å². The molecule has 1 aromatic rings. The molecule has 1 saturated carbocycles. The van der Waals surface area contributed by atoms with E-state index in [4.69, 9.17) is 5.11 Å². The molecule has 1 heterocycles. The van der Waals surface area contributed by atoms with Gasteiger partial charge in [0.25, 0.3) is 0 Å². The van der Waals surface area contributed by atoms with E-state index in [1.54, 1.807) is 5.38 Å². The Hall–Kier alpha value is -0.980. The molecule has 1 aromatic heterocycles. The van der Waals surface area contributed by atoms with Crippen LogP contribution in [0.15, 0.2) is 5.38 Å². The van der Waals surface area contributed by atoms with E-state index in [0.29, 0.717) is 24.2 Å². The van der Waals surface area contributed by atoms with Crippen LogP contribution < -0.4 is 5.32 Å². The molecule has 0 aromatic carbocycles. The number of rotatable bonds is 5. The van der Waals surface area contributed by atoms with E-state index < -0.39 is 11.6 Å². The number of hydrogen-bond acceptors (Lipinski definition) is 5. The van der Waals surface area contributed by atoms with E-state index in [9.17, 15) is 9.90 Å². The summed E-state index contributed by atoms with van der Waals surface area (Å²) in [5.41, 5.74) is 0.408. The van der Waals surface area contributed by atoms with Gasteiger partial charge in [-0.25, -0.2) is 9.78 Å². The average molecular weight is 298 g/mol. The Balaban J connectivity index is 1.79. The first kappa shape index (κ1) is 15.4. The Morgan fingerprint density at radius 3 is 2.60 bits per heavy atom. The van der Waals surface area contributed by atoms with Crippen LogP contribution in [0.25, 0.3) is 0 Å². The summed E-state index contributed by atoms with van der Waals surface area (Å²) in [5.74, 6) is -0.991. The fourth-order valence-corrected chi connectivity index (χ4v) is 3.13. The molecule has 0 unspecified atom stereocenters. The van der Waals surface area contributed by atoms with Gasteiger partial charge in [-0.15, -0.1) is 11.3 Å². The Bertz CT molecular complexity index is 475. The van der Waals surface area contributed by atoms with Gasteiger partial charge in [-0.05, 0) is 31.1 Å². The van der Waals surface area contributed by atoms with E-state index in [1.165, 1.54) is 0 Å². The Morgan fingerprint density at radius 1 is 1.40 bits per heavy atom. The molecular weight excluding hydrogens is 276 g/mol. The van der Waals surface area contributed by atoms with Crippen molar-refractivity contribution in [1.29, 1.82) is 0 Å². The topological polar surface area (TPSA) is 82.5 Å². The third-order valence-electron chi connectivity index (χ3n) is 4.03. The highest BCUT2D eigenvalue weighted by Gasteiger charge is 2.36. The van der Waals surface area contributed by atoms with Gasteiger partial charge < -0.3 is 15.5 Å². The number of carboxylic acids is 1. The number of aromatic nitrogens is 1. The molecule has 0 saturated heterocycles. The van der Waals surface area contributed by atoms with Crippen molar-refractivity contribution in [2.24, 2.45) is 5.41 Å². The van der Waals surface area contributed by atoms with Gasteiger partial charge in [0.15, 0.2) is 0 Å². The summed E-state index contributed by atoms with van der Waals surface area (Å²) in [6.45, 7) is 5.50. The minimum absolute atomic E-state index is 0.111. The molecule has 112 valence electrons. The molecule has 2 rings (SSSR count). The average Bonchev–Trinajstić information content (AvgIpc) is 2.83. The van der Waals surface area contributed by atoms with E-state index in [0.717, 1.165) is 37.0 Å². The van der Waals surface area contributed by atoms with E-state index >= 15 is 0 Å². The first-order valence-electron chi connectivity index (χ1n) is 6.91. The highest BCUT2D eigenvalue weighted by Crippen LogP contribution is 2.39. The highest BCUT2D eigenvalue weighted by molar-refractivity contribution is 7.11. The number of nitrogens with zero attached hydrogens (tertiary/aromatic N) is 1. The van der Waals surface area contributed by atoms with Gasteiger partial charge in [0.1, 0.15) is 0 Å². The minimum Gasteiger partial charge on any atom is -0.476 e. The zero-order valence-corrected chi connectivity index (χ0v) is 12.8. The Kier molecular flexibility index (Phi) is 4.46. The summed E-state index contributed by atoms with van der Waals surface area (Å²) in [4.78, 5) is 14.7. The minimum atomic E-state index is -0.991. The van der Waals surface area contributed by atoms with Crippen LogP contribution in [-0.4, -0.2) is 33.3 Å². The van der Waals surface area contributed by atoms with Crippen LogP contribution in [0, 0.1) is 5.41 Å². The van der Waals surface area contributed by atoms with E-state index in [2.05, 4.69) is 24.1 Å². The van der Waals surface area contributed by atoms with Gasteiger partial charge >= 0.3 is 5.97 Å². The molecule has 1 fully saturated rings. The van der Waals surface area contributed by atoms with Gasteiger partial charge in [-0.1, -0.05) is 13.8 Å². The third-order valence-corrected chi connectivity index (χ3v) is 4.91. The lowest BCUT2D eigenvalue weighted by Crippen LogP contribution is -2.44. The number of nitrogens with one attached hydrogen (secondary N) is 1. The molecular formula is C14H22N2O3S. The summed E-state index contributed by atoms with van der Waals surface area (Å²) < 4.78 is 0. The summed E-state index contributed by atoms with van der Waals surface area (Å²) >= 11 is 1.13. The molecule has 0 atom stereocenters. The molecule has 5 nitrogen and oxygen atoms in total. The van der Waals surface area contributed by atoms with Crippen LogP contribution in [0.4, 0.5) is 0 Å². The van der Waals surface area contributed by atoms with Crippen molar-refractivity contribution in [1.82, 2.24) is 10.3 Å². The third kappa shape index (κ3) is 4.01. The first-order chi connectivity index (χ1) is 9.30. The second-order valence-corrected chi connectivity index (χ2v) is 7.30. The maximum atomic E-state index is 10.7. The SMILES string of the molecule is CC1(C)CCC(O)(CNCc2csc(C(=O)O)n2)CC1. The molecule has 6 heteroatoms. The zero-order chi connectivity index (χ0) is 14.8. The standard InChI is InChI=1S/C14H22N2O3S/c1-13(2)3-5-14(19,6-4-13)9-15-7-10-8-20-11(16-10)12(17)18/h8,15,19H,3-7,9H2,1-2H3,(H,17,18). The number of carbonyl (C=O) groups is 1. The zero-order valence-electron chi connectivity index (χ0n) is 12.0. The predicted octanol–water partition coefficient (Wildman–Crippen LogP) is 2.26. The smallest absolute Gasteiger partial charge is 0.365 e. The first-order valence-corrected chi connectivity index (χ1v) is 7.79. The molecule has 20 heavy (non-hydrogen) atoms. The Morgan fingerprint density at radius 2 is 2.05 bits per heavy atom.